The molecule has 0 radical (unpaired) electrons. The molecule has 2 aromatic carbocycles. The lowest BCUT2D eigenvalue weighted by Crippen LogP contribution is -2.06. The van der Waals surface area contributed by atoms with Crippen molar-refractivity contribution in [3.8, 4) is 23.0 Å². The van der Waals surface area contributed by atoms with Gasteiger partial charge in [-0.25, -0.2) is 0 Å². The van der Waals surface area contributed by atoms with E-state index in [-0.39, 0.29) is 23.0 Å². The maximum absolute atomic E-state index is 10.2. The van der Waals surface area contributed by atoms with Crippen LogP contribution in [-0.2, 0) is 12.2 Å². The number of hydrogen-bond acceptors (Lipinski definition) is 6. The molecule has 0 saturated carbocycles. The third kappa shape index (κ3) is 3.73. The minimum atomic E-state index is -3.62. The average molecular weight is 326 g/mol. The van der Waals surface area contributed by atoms with Crippen LogP contribution in [0.1, 0.15) is 11.1 Å². The first-order chi connectivity index (χ1) is 9.80. The number of phenolic OH excluding ortho intramolecular Hbond substituents is 2. The van der Waals surface area contributed by atoms with Crippen molar-refractivity contribution in [2.45, 2.75) is 13.8 Å². The van der Waals surface area contributed by atoms with Crippen molar-refractivity contribution < 1.29 is 24.2 Å². The monoisotopic (exact) mass is 326 g/mol. The van der Waals surface area contributed by atoms with Crippen molar-refractivity contribution in [3.05, 3.63) is 47.5 Å². The second kappa shape index (κ2) is 6.02. The molecule has 2 aromatic rings. The smallest absolute Gasteiger partial charge is 0.379 e. The predicted molar refractivity (Wildman–Crippen MR) is 83.4 cm³/mol. The van der Waals surface area contributed by atoms with Crippen LogP contribution in [0.5, 0.6) is 23.0 Å². The largest absolute Gasteiger partial charge is 0.508 e. The Morgan fingerprint density at radius 3 is 1.62 bits per heavy atom. The number of rotatable bonds is 4. The summed E-state index contributed by atoms with van der Waals surface area (Å²) in [6, 6.07) is 9.31. The van der Waals surface area contributed by atoms with Gasteiger partial charge >= 0.3 is 7.15 Å². The summed E-state index contributed by atoms with van der Waals surface area (Å²) >= 11 is 4.97. The van der Waals surface area contributed by atoms with Gasteiger partial charge in [0.15, 0.2) is 11.5 Å². The van der Waals surface area contributed by atoms with Gasteiger partial charge < -0.3 is 31.5 Å². The SMILES string of the molecule is Cc1c(O)cccc1O[P+](O)([S-])Oc1cccc(O)c1C. The number of aromatic hydroxyl groups is 2. The maximum atomic E-state index is 10.2. The molecule has 21 heavy (non-hydrogen) atoms. The van der Waals surface area contributed by atoms with Gasteiger partial charge in [-0.15, -0.1) is 0 Å². The van der Waals surface area contributed by atoms with Crippen LogP contribution in [0.2, 0.25) is 0 Å². The zero-order valence-corrected chi connectivity index (χ0v) is 13.2. The first-order valence-electron chi connectivity index (χ1n) is 6.09. The summed E-state index contributed by atoms with van der Waals surface area (Å²) in [6.07, 6.45) is 0. The van der Waals surface area contributed by atoms with Crippen LogP contribution in [0, 0.1) is 13.8 Å². The summed E-state index contributed by atoms with van der Waals surface area (Å²) in [6.45, 7) is 3.28. The summed E-state index contributed by atoms with van der Waals surface area (Å²) in [5.74, 6) is 0.573. The van der Waals surface area contributed by atoms with Gasteiger partial charge in [-0.3, -0.25) is 0 Å². The summed E-state index contributed by atoms with van der Waals surface area (Å²) in [7, 11) is -3.62. The summed E-state index contributed by atoms with van der Waals surface area (Å²) in [4.78, 5) is 10.2. The van der Waals surface area contributed by atoms with Crippen LogP contribution in [0.4, 0.5) is 0 Å². The van der Waals surface area contributed by atoms with Gasteiger partial charge in [0.1, 0.15) is 11.5 Å². The van der Waals surface area contributed by atoms with E-state index in [9.17, 15) is 15.1 Å². The summed E-state index contributed by atoms with van der Waals surface area (Å²) < 4.78 is 10.7. The Kier molecular flexibility index (Phi) is 4.52. The van der Waals surface area contributed by atoms with Crippen LogP contribution in [0.15, 0.2) is 36.4 Å². The molecule has 0 aliphatic rings. The molecule has 0 fully saturated rings. The van der Waals surface area contributed by atoms with Crippen LogP contribution in [0.3, 0.4) is 0 Å². The zero-order chi connectivity index (χ0) is 15.6. The van der Waals surface area contributed by atoms with E-state index in [4.69, 9.17) is 21.3 Å². The number of phenols is 2. The molecule has 0 saturated heterocycles. The minimum absolute atomic E-state index is 0.0380. The molecule has 0 heterocycles. The molecule has 7 heteroatoms. The minimum Gasteiger partial charge on any atom is -0.508 e. The lowest BCUT2D eigenvalue weighted by atomic mass is 10.2. The Bertz CT molecular complexity index is 604. The van der Waals surface area contributed by atoms with Crippen molar-refractivity contribution in [3.63, 3.8) is 0 Å². The van der Waals surface area contributed by atoms with E-state index in [0.29, 0.717) is 11.1 Å². The van der Waals surface area contributed by atoms with Gasteiger partial charge in [0.25, 0.3) is 0 Å². The Morgan fingerprint density at radius 2 is 1.24 bits per heavy atom. The van der Waals surface area contributed by atoms with Crippen molar-refractivity contribution >= 4 is 19.4 Å². The van der Waals surface area contributed by atoms with Gasteiger partial charge in [0.2, 0.25) is 0 Å². The van der Waals surface area contributed by atoms with Crippen molar-refractivity contribution in [1.29, 1.82) is 0 Å². The van der Waals surface area contributed by atoms with E-state index < -0.39 is 7.15 Å². The van der Waals surface area contributed by atoms with Crippen molar-refractivity contribution in [2.24, 2.45) is 0 Å². The zero-order valence-electron chi connectivity index (χ0n) is 11.5. The van der Waals surface area contributed by atoms with Crippen LogP contribution in [-0.4, -0.2) is 15.1 Å². The summed E-state index contributed by atoms with van der Waals surface area (Å²) in [5.41, 5.74) is 0.911. The lowest BCUT2D eigenvalue weighted by Gasteiger charge is -2.23. The van der Waals surface area contributed by atoms with Crippen LogP contribution >= 0.6 is 7.15 Å². The van der Waals surface area contributed by atoms with Crippen molar-refractivity contribution in [2.75, 3.05) is 0 Å². The van der Waals surface area contributed by atoms with Gasteiger partial charge in [-0.1, -0.05) is 12.1 Å². The van der Waals surface area contributed by atoms with Crippen molar-refractivity contribution in [1.82, 2.24) is 0 Å². The van der Waals surface area contributed by atoms with E-state index in [1.165, 1.54) is 12.1 Å². The Hall–Kier alpha value is -1.62. The molecule has 0 unspecified atom stereocenters. The second-order valence-corrected chi connectivity index (χ2v) is 7.14. The summed E-state index contributed by atoms with van der Waals surface area (Å²) in [5, 5.41) is 19.2. The fourth-order valence-corrected chi connectivity index (χ4v) is 3.08. The standard InChI is InChI=1S/C14H15O5PS/c1-9-11(15)5-3-7-13(9)18-20(17,21)19-14-8-4-6-12(16)10(14)2/h3-8,15-16H,1-2H3,(H,17,21). The highest BCUT2D eigenvalue weighted by atomic mass is 32.7. The third-order valence-corrected chi connectivity index (χ3v) is 4.24. The predicted octanol–water partition coefficient (Wildman–Crippen LogP) is 3.39. The van der Waals surface area contributed by atoms with Gasteiger partial charge in [-0.2, -0.15) is 4.89 Å². The molecule has 2 rings (SSSR count). The van der Waals surface area contributed by atoms with E-state index >= 15 is 0 Å². The topological polar surface area (TPSA) is 79.2 Å². The van der Waals surface area contributed by atoms with E-state index in [0.717, 1.165) is 0 Å². The third-order valence-electron chi connectivity index (χ3n) is 2.94. The molecule has 0 aliphatic heterocycles. The molecule has 112 valence electrons. The van der Waals surface area contributed by atoms with E-state index in [1.54, 1.807) is 38.1 Å². The molecule has 0 atom stereocenters. The second-order valence-electron chi connectivity index (χ2n) is 4.45. The highest BCUT2D eigenvalue weighted by molar-refractivity contribution is 8.35. The molecule has 0 bridgehead atoms. The van der Waals surface area contributed by atoms with Gasteiger partial charge in [-0.05, 0) is 38.1 Å². The Balaban J connectivity index is 2.22. The highest BCUT2D eigenvalue weighted by Gasteiger charge is 2.29. The first kappa shape index (κ1) is 15.8. The molecule has 0 spiro atoms. The molecule has 0 aliphatic carbocycles. The Morgan fingerprint density at radius 1 is 0.857 bits per heavy atom. The van der Waals surface area contributed by atoms with Gasteiger partial charge in [0.05, 0.1) is 0 Å². The molecule has 0 amide bonds. The number of benzene rings is 2. The first-order valence-corrected chi connectivity index (χ1v) is 8.68. The molecule has 0 aromatic heterocycles. The maximum Gasteiger partial charge on any atom is 0.379 e. The normalized spacial score (nSPS) is 11.2. The fourth-order valence-electron chi connectivity index (χ4n) is 1.67. The Labute approximate surface area is 128 Å². The molecular weight excluding hydrogens is 311 g/mol. The van der Waals surface area contributed by atoms with Gasteiger partial charge in [0, 0.05) is 11.1 Å². The molecular formula is C14H15O5PS. The average Bonchev–Trinajstić information content (AvgIpc) is 2.40. The quantitative estimate of drug-likeness (QED) is 0.590. The fraction of sp³-hybridized carbons (Fsp3) is 0.143. The van der Waals surface area contributed by atoms with E-state index in [2.05, 4.69) is 0 Å². The van der Waals surface area contributed by atoms with Crippen LogP contribution < -0.4 is 9.05 Å². The highest BCUT2D eigenvalue weighted by Crippen LogP contribution is 2.55. The molecule has 5 nitrogen and oxygen atoms in total. The lowest BCUT2D eigenvalue weighted by molar-refractivity contribution is 0.367. The van der Waals surface area contributed by atoms with E-state index in [1.807, 2.05) is 0 Å². The van der Waals surface area contributed by atoms with Crippen LogP contribution in [0.25, 0.3) is 0 Å². The number of hydrogen-bond donors (Lipinski definition) is 3. The molecule has 3 N–H and O–H groups in total.